The van der Waals surface area contributed by atoms with Crippen LogP contribution in [0.4, 0.5) is 0 Å². The molecule has 2 aromatic carbocycles. The van der Waals surface area contributed by atoms with E-state index in [4.69, 9.17) is 0 Å². The van der Waals surface area contributed by atoms with E-state index in [0.29, 0.717) is 0 Å². The van der Waals surface area contributed by atoms with E-state index in [2.05, 4.69) is 60.7 Å². The maximum atomic E-state index is 2.22. The van der Waals surface area contributed by atoms with Gasteiger partial charge in [0.15, 0.2) is 0 Å². The normalized spacial score (nSPS) is 10.4. The van der Waals surface area contributed by atoms with E-state index in [9.17, 15) is 0 Å². The highest BCUT2D eigenvalue weighted by molar-refractivity contribution is 5.15. The molecule has 0 fully saturated rings. The Bertz CT molecular complexity index is 361. The van der Waals surface area contributed by atoms with Crippen molar-refractivity contribution in [2.45, 2.75) is 32.1 Å². The van der Waals surface area contributed by atoms with Gasteiger partial charge in [0.1, 0.15) is 0 Å². The Labute approximate surface area is 104 Å². The summed E-state index contributed by atoms with van der Waals surface area (Å²) in [5.74, 6) is 0. The second-order valence-electron chi connectivity index (χ2n) is 4.53. The molecular formula is C17H20. The fourth-order valence-corrected chi connectivity index (χ4v) is 2.12. The van der Waals surface area contributed by atoms with Gasteiger partial charge in [-0.25, -0.2) is 0 Å². The molecule has 0 atom stereocenters. The largest absolute Gasteiger partial charge is 0.0622 e. The Kier molecular flexibility index (Phi) is 4.84. The van der Waals surface area contributed by atoms with Crippen molar-refractivity contribution in [2.24, 2.45) is 0 Å². The Balaban J connectivity index is 1.61. The summed E-state index contributed by atoms with van der Waals surface area (Å²) >= 11 is 0. The maximum Gasteiger partial charge on any atom is -0.0279 e. The van der Waals surface area contributed by atoms with Crippen LogP contribution in [-0.2, 0) is 12.8 Å². The van der Waals surface area contributed by atoms with Crippen LogP contribution in [-0.4, -0.2) is 0 Å². The molecule has 0 N–H and O–H groups in total. The minimum atomic E-state index is 1.22. The first-order valence-corrected chi connectivity index (χ1v) is 6.53. The minimum absolute atomic E-state index is 1.22. The highest BCUT2D eigenvalue weighted by Gasteiger charge is 1.94. The summed E-state index contributed by atoms with van der Waals surface area (Å²) in [6.07, 6.45) is 6.36. The quantitative estimate of drug-likeness (QED) is 0.627. The maximum absolute atomic E-state index is 2.22. The van der Waals surface area contributed by atoms with Crippen LogP contribution in [0, 0.1) is 0 Å². The molecule has 0 unspecified atom stereocenters. The van der Waals surface area contributed by atoms with Gasteiger partial charge in [0.05, 0.1) is 0 Å². The van der Waals surface area contributed by atoms with Gasteiger partial charge >= 0.3 is 0 Å². The van der Waals surface area contributed by atoms with Gasteiger partial charge in [0.25, 0.3) is 0 Å². The van der Waals surface area contributed by atoms with E-state index < -0.39 is 0 Å². The topological polar surface area (TPSA) is 0 Å². The van der Waals surface area contributed by atoms with Crippen LogP contribution in [0.1, 0.15) is 30.4 Å². The molecule has 0 bridgehead atoms. The Hall–Kier alpha value is -1.56. The van der Waals surface area contributed by atoms with E-state index in [0.717, 1.165) is 0 Å². The van der Waals surface area contributed by atoms with Crippen molar-refractivity contribution in [3.63, 3.8) is 0 Å². The van der Waals surface area contributed by atoms with Gasteiger partial charge in [-0.2, -0.15) is 0 Å². The summed E-state index contributed by atoms with van der Waals surface area (Å²) < 4.78 is 0. The number of benzene rings is 2. The summed E-state index contributed by atoms with van der Waals surface area (Å²) in [6.45, 7) is 0. The lowest BCUT2D eigenvalue weighted by Gasteiger charge is -2.02. The third-order valence-electron chi connectivity index (χ3n) is 3.12. The van der Waals surface area contributed by atoms with Crippen LogP contribution < -0.4 is 0 Å². The number of hydrogen-bond acceptors (Lipinski definition) is 0. The first-order valence-electron chi connectivity index (χ1n) is 6.53. The van der Waals surface area contributed by atoms with E-state index >= 15 is 0 Å². The predicted octanol–water partition coefficient (Wildman–Crippen LogP) is 4.64. The molecule has 0 aliphatic rings. The number of unbranched alkanes of at least 4 members (excludes halogenated alkanes) is 2. The molecule has 2 aromatic rings. The van der Waals surface area contributed by atoms with Gasteiger partial charge in [-0.05, 0) is 36.8 Å². The van der Waals surface area contributed by atoms with Crippen LogP contribution >= 0.6 is 0 Å². The Morgan fingerprint density at radius 1 is 0.471 bits per heavy atom. The van der Waals surface area contributed by atoms with Gasteiger partial charge < -0.3 is 0 Å². The lowest BCUT2D eigenvalue weighted by atomic mass is 10.0. The van der Waals surface area contributed by atoms with E-state index in [-0.39, 0.29) is 0 Å². The third-order valence-corrected chi connectivity index (χ3v) is 3.12. The average molecular weight is 224 g/mol. The smallest absolute Gasteiger partial charge is 0.0279 e. The van der Waals surface area contributed by atoms with Crippen LogP contribution in [0.3, 0.4) is 0 Å². The van der Waals surface area contributed by atoms with E-state index in [1.165, 1.54) is 43.2 Å². The van der Waals surface area contributed by atoms with Crippen molar-refractivity contribution in [3.05, 3.63) is 71.8 Å². The highest BCUT2D eigenvalue weighted by atomic mass is 14.0. The molecule has 0 heteroatoms. The zero-order valence-electron chi connectivity index (χ0n) is 10.3. The summed E-state index contributed by atoms with van der Waals surface area (Å²) in [5, 5.41) is 0. The molecule has 0 spiro atoms. The average Bonchev–Trinajstić information content (AvgIpc) is 2.41. The van der Waals surface area contributed by atoms with E-state index in [1.807, 2.05) is 0 Å². The van der Waals surface area contributed by atoms with Gasteiger partial charge in [-0.3, -0.25) is 0 Å². The third kappa shape index (κ3) is 4.44. The van der Waals surface area contributed by atoms with Gasteiger partial charge in [0.2, 0.25) is 0 Å². The highest BCUT2D eigenvalue weighted by Crippen LogP contribution is 2.09. The zero-order valence-corrected chi connectivity index (χ0v) is 10.3. The molecule has 0 aromatic heterocycles. The lowest BCUT2D eigenvalue weighted by Crippen LogP contribution is -1.88. The van der Waals surface area contributed by atoms with Crippen molar-refractivity contribution < 1.29 is 0 Å². The van der Waals surface area contributed by atoms with Crippen molar-refractivity contribution in [1.29, 1.82) is 0 Å². The Morgan fingerprint density at radius 2 is 0.882 bits per heavy atom. The zero-order chi connectivity index (χ0) is 11.8. The second-order valence-corrected chi connectivity index (χ2v) is 4.53. The molecule has 0 saturated heterocycles. The van der Waals surface area contributed by atoms with Crippen LogP contribution in [0.5, 0.6) is 0 Å². The molecule has 0 saturated carbocycles. The van der Waals surface area contributed by atoms with Crippen molar-refractivity contribution in [1.82, 2.24) is 0 Å². The van der Waals surface area contributed by atoms with Crippen molar-refractivity contribution in [3.8, 4) is 0 Å². The molecule has 0 nitrogen and oxygen atoms in total. The first-order chi connectivity index (χ1) is 8.45. The van der Waals surface area contributed by atoms with Gasteiger partial charge in [-0.15, -0.1) is 0 Å². The first kappa shape index (κ1) is 11.9. The lowest BCUT2D eigenvalue weighted by molar-refractivity contribution is 0.678. The van der Waals surface area contributed by atoms with Gasteiger partial charge in [-0.1, -0.05) is 67.1 Å². The van der Waals surface area contributed by atoms with Crippen LogP contribution in [0.25, 0.3) is 0 Å². The molecule has 88 valence electrons. The van der Waals surface area contributed by atoms with Crippen molar-refractivity contribution in [2.75, 3.05) is 0 Å². The fraction of sp³-hybridized carbons (Fsp3) is 0.294. The van der Waals surface area contributed by atoms with Crippen molar-refractivity contribution >= 4 is 0 Å². The van der Waals surface area contributed by atoms with Crippen LogP contribution in [0.15, 0.2) is 60.7 Å². The minimum Gasteiger partial charge on any atom is -0.0622 e. The molecular weight excluding hydrogens is 204 g/mol. The fourth-order valence-electron chi connectivity index (χ4n) is 2.12. The molecule has 0 aliphatic carbocycles. The summed E-state index contributed by atoms with van der Waals surface area (Å²) in [6, 6.07) is 21.5. The predicted molar refractivity (Wildman–Crippen MR) is 74.1 cm³/mol. The second kappa shape index (κ2) is 6.90. The SMILES string of the molecule is c1ccc(CCCCCc2ccccc2)cc1. The van der Waals surface area contributed by atoms with Crippen LogP contribution in [0.2, 0.25) is 0 Å². The summed E-state index contributed by atoms with van der Waals surface area (Å²) in [7, 11) is 0. The number of rotatable bonds is 6. The molecule has 0 amide bonds. The molecule has 2 rings (SSSR count). The molecule has 0 aliphatic heterocycles. The number of aryl methyl sites for hydroxylation is 2. The summed E-state index contributed by atoms with van der Waals surface area (Å²) in [5.41, 5.74) is 2.93. The van der Waals surface area contributed by atoms with Gasteiger partial charge in [0, 0.05) is 0 Å². The molecule has 17 heavy (non-hydrogen) atoms. The summed E-state index contributed by atoms with van der Waals surface area (Å²) in [4.78, 5) is 0. The molecule has 0 radical (unpaired) electrons. The number of hydrogen-bond donors (Lipinski definition) is 0. The monoisotopic (exact) mass is 224 g/mol. The molecule has 0 heterocycles. The van der Waals surface area contributed by atoms with E-state index in [1.54, 1.807) is 0 Å². The standard InChI is InChI=1S/C17H20/c1-4-10-16(11-5-1)14-8-3-9-15-17-12-6-2-7-13-17/h1-2,4-7,10-13H,3,8-9,14-15H2. The Morgan fingerprint density at radius 3 is 1.29 bits per heavy atom.